The fraction of sp³-hybridized carbons (Fsp3) is 0.667. The van der Waals surface area contributed by atoms with Gasteiger partial charge in [-0.05, 0) is 6.42 Å². The smallest absolute Gasteiger partial charge is 0.330 e. The number of epoxide rings is 1. The Morgan fingerprint density at radius 2 is 2.46 bits per heavy atom. The molecule has 1 heterocycles. The first-order valence-corrected chi connectivity index (χ1v) is 4.34. The second-order valence-corrected chi connectivity index (χ2v) is 2.75. The number of esters is 1. The van der Waals surface area contributed by atoms with Crippen LogP contribution in [0.25, 0.3) is 0 Å². The summed E-state index contributed by atoms with van der Waals surface area (Å²) >= 11 is 0. The standard InChI is InChI=1S/C9H14O4/c1-3-5-11-9-7(13-9)6-12-8(10)4-2/h4,7,9H,2-3,5-6H2,1H3. The van der Waals surface area contributed by atoms with Crippen molar-refractivity contribution in [1.29, 1.82) is 0 Å². The average molecular weight is 186 g/mol. The number of ether oxygens (including phenoxy) is 3. The van der Waals surface area contributed by atoms with Crippen molar-refractivity contribution in [1.82, 2.24) is 0 Å². The number of carbonyl (C=O) groups excluding carboxylic acids is 1. The van der Waals surface area contributed by atoms with Gasteiger partial charge in [0.2, 0.25) is 0 Å². The first-order chi connectivity index (χ1) is 6.27. The molecule has 0 aromatic carbocycles. The molecule has 1 aliphatic rings. The van der Waals surface area contributed by atoms with Crippen LogP contribution in [0.15, 0.2) is 12.7 Å². The summed E-state index contributed by atoms with van der Waals surface area (Å²) in [6.45, 7) is 6.23. The summed E-state index contributed by atoms with van der Waals surface area (Å²) in [5, 5.41) is 0. The highest BCUT2D eigenvalue weighted by Gasteiger charge is 2.40. The molecule has 0 bridgehead atoms. The van der Waals surface area contributed by atoms with E-state index in [-0.39, 0.29) is 19.0 Å². The van der Waals surface area contributed by atoms with Gasteiger partial charge in [-0.15, -0.1) is 0 Å². The van der Waals surface area contributed by atoms with Gasteiger partial charge in [0.05, 0.1) is 0 Å². The Bertz CT molecular complexity index is 190. The molecular weight excluding hydrogens is 172 g/mol. The van der Waals surface area contributed by atoms with Crippen LogP contribution < -0.4 is 0 Å². The maximum atomic E-state index is 10.6. The van der Waals surface area contributed by atoms with E-state index < -0.39 is 5.97 Å². The van der Waals surface area contributed by atoms with Gasteiger partial charge in [0.1, 0.15) is 12.7 Å². The lowest BCUT2D eigenvalue weighted by Gasteiger charge is -1.98. The van der Waals surface area contributed by atoms with Crippen LogP contribution in [0.3, 0.4) is 0 Å². The molecule has 1 saturated heterocycles. The molecule has 0 N–H and O–H groups in total. The normalized spacial score (nSPS) is 25.3. The molecule has 0 radical (unpaired) electrons. The Labute approximate surface area is 77.5 Å². The Morgan fingerprint density at radius 1 is 1.69 bits per heavy atom. The van der Waals surface area contributed by atoms with Crippen LogP contribution >= 0.6 is 0 Å². The summed E-state index contributed by atoms with van der Waals surface area (Å²) in [7, 11) is 0. The third-order valence-electron chi connectivity index (χ3n) is 1.58. The molecule has 0 amide bonds. The molecule has 13 heavy (non-hydrogen) atoms. The van der Waals surface area contributed by atoms with Crippen molar-refractivity contribution < 1.29 is 19.0 Å². The second-order valence-electron chi connectivity index (χ2n) is 2.75. The highest BCUT2D eigenvalue weighted by atomic mass is 16.8. The molecule has 2 unspecified atom stereocenters. The summed E-state index contributed by atoms with van der Waals surface area (Å²) in [5.41, 5.74) is 0. The highest BCUT2D eigenvalue weighted by Crippen LogP contribution is 2.23. The molecule has 74 valence electrons. The third kappa shape index (κ3) is 3.57. The third-order valence-corrected chi connectivity index (χ3v) is 1.58. The van der Waals surface area contributed by atoms with Crippen LogP contribution in [0.1, 0.15) is 13.3 Å². The van der Waals surface area contributed by atoms with Gasteiger partial charge in [-0.2, -0.15) is 0 Å². The average Bonchev–Trinajstić information content (AvgIpc) is 2.89. The van der Waals surface area contributed by atoms with E-state index in [1.54, 1.807) is 0 Å². The lowest BCUT2D eigenvalue weighted by Crippen LogP contribution is -2.10. The predicted octanol–water partition coefficient (Wildman–Crippen LogP) is 0.867. The molecule has 0 aromatic rings. The maximum absolute atomic E-state index is 10.6. The van der Waals surface area contributed by atoms with Crippen LogP contribution in [-0.4, -0.2) is 31.6 Å². The number of rotatable bonds is 6. The molecule has 2 atom stereocenters. The van der Waals surface area contributed by atoms with Crippen molar-refractivity contribution in [3.8, 4) is 0 Å². The molecule has 1 aliphatic heterocycles. The van der Waals surface area contributed by atoms with Crippen molar-refractivity contribution >= 4 is 5.97 Å². The van der Waals surface area contributed by atoms with E-state index in [4.69, 9.17) is 14.2 Å². The summed E-state index contributed by atoms with van der Waals surface area (Å²) in [4.78, 5) is 10.6. The molecule has 4 heteroatoms. The molecule has 1 rings (SSSR count). The van der Waals surface area contributed by atoms with Crippen molar-refractivity contribution in [3.63, 3.8) is 0 Å². The van der Waals surface area contributed by atoms with Gasteiger partial charge in [0, 0.05) is 12.7 Å². The Morgan fingerprint density at radius 3 is 3.08 bits per heavy atom. The van der Waals surface area contributed by atoms with Gasteiger partial charge in [-0.3, -0.25) is 0 Å². The Balaban J connectivity index is 2.00. The zero-order valence-electron chi connectivity index (χ0n) is 7.69. The molecule has 0 spiro atoms. The van der Waals surface area contributed by atoms with Gasteiger partial charge in [0.15, 0.2) is 6.29 Å². The molecule has 0 saturated carbocycles. The van der Waals surface area contributed by atoms with Crippen LogP contribution in [0.5, 0.6) is 0 Å². The summed E-state index contributed by atoms with van der Waals surface area (Å²) < 4.78 is 15.1. The van der Waals surface area contributed by atoms with E-state index in [1.165, 1.54) is 0 Å². The molecular formula is C9H14O4. The SMILES string of the molecule is C=CC(=O)OCC1OC1OCCC. The number of hydrogen-bond acceptors (Lipinski definition) is 4. The predicted molar refractivity (Wildman–Crippen MR) is 46.1 cm³/mol. The minimum atomic E-state index is -0.426. The Hall–Kier alpha value is -0.870. The van der Waals surface area contributed by atoms with Crippen LogP contribution in [0, 0.1) is 0 Å². The summed E-state index contributed by atoms with van der Waals surface area (Å²) in [6, 6.07) is 0. The summed E-state index contributed by atoms with van der Waals surface area (Å²) in [6.07, 6.45) is 1.82. The van der Waals surface area contributed by atoms with E-state index in [0.29, 0.717) is 6.61 Å². The monoisotopic (exact) mass is 186 g/mol. The maximum Gasteiger partial charge on any atom is 0.330 e. The second kappa shape index (κ2) is 4.99. The first-order valence-electron chi connectivity index (χ1n) is 4.34. The van der Waals surface area contributed by atoms with Crippen molar-refractivity contribution in [2.24, 2.45) is 0 Å². The van der Waals surface area contributed by atoms with Gasteiger partial charge < -0.3 is 14.2 Å². The van der Waals surface area contributed by atoms with E-state index >= 15 is 0 Å². The lowest BCUT2D eigenvalue weighted by molar-refractivity contribution is -0.138. The van der Waals surface area contributed by atoms with Gasteiger partial charge in [0.25, 0.3) is 0 Å². The molecule has 0 aliphatic carbocycles. The van der Waals surface area contributed by atoms with Crippen LogP contribution in [0.4, 0.5) is 0 Å². The van der Waals surface area contributed by atoms with Crippen LogP contribution in [0.2, 0.25) is 0 Å². The van der Waals surface area contributed by atoms with Crippen molar-refractivity contribution in [2.75, 3.05) is 13.2 Å². The van der Waals surface area contributed by atoms with E-state index in [2.05, 4.69) is 6.58 Å². The largest absolute Gasteiger partial charge is 0.460 e. The van der Waals surface area contributed by atoms with Gasteiger partial charge >= 0.3 is 5.97 Å². The Kier molecular flexibility index (Phi) is 3.92. The lowest BCUT2D eigenvalue weighted by atomic mass is 10.5. The topological polar surface area (TPSA) is 48.1 Å². The molecule has 1 fully saturated rings. The number of hydrogen-bond donors (Lipinski definition) is 0. The molecule has 0 aromatic heterocycles. The molecule has 4 nitrogen and oxygen atoms in total. The van der Waals surface area contributed by atoms with Gasteiger partial charge in [-0.25, -0.2) is 4.79 Å². The first kappa shape index (κ1) is 10.2. The van der Waals surface area contributed by atoms with Crippen LogP contribution in [-0.2, 0) is 19.0 Å². The van der Waals surface area contributed by atoms with Gasteiger partial charge in [-0.1, -0.05) is 13.5 Å². The summed E-state index contributed by atoms with van der Waals surface area (Å²) in [5.74, 6) is -0.426. The highest BCUT2D eigenvalue weighted by molar-refractivity contribution is 5.81. The van der Waals surface area contributed by atoms with E-state index in [0.717, 1.165) is 12.5 Å². The zero-order chi connectivity index (χ0) is 9.68. The minimum absolute atomic E-state index is 0.0875. The minimum Gasteiger partial charge on any atom is -0.460 e. The fourth-order valence-electron chi connectivity index (χ4n) is 0.849. The quantitative estimate of drug-likeness (QED) is 0.351. The van der Waals surface area contributed by atoms with Crippen molar-refractivity contribution in [3.05, 3.63) is 12.7 Å². The van der Waals surface area contributed by atoms with E-state index in [9.17, 15) is 4.79 Å². The zero-order valence-corrected chi connectivity index (χ0v) is 7.69. The van der Waals surface area contributed by atoms with E-state index in [1.807, 2.05) is 6.92 Å². The number of carbonyl (C=O) groups is 1. The van der Waals surface area contributed by atoms with Crippen molar-refractivity contribution in [2.45, 2.75) is 25.7 Å². The fourth-order valence-corrected chi connectivity index (χ4v) is 0.849.